The maximum atomic E-state index is 11.8. The monoisotopic (exact) mass is 191 g/mol. The Kier molecular flexibility index (Phi) is 3.60. The third kappa shape index (κ3) is 2.84. The van der Waals surface area contributed by atoms with Gasteiger partial charge in [-0.1, -0.05) is 0 Å². The van der Waals surface area contributed by atoms with Crippen LogP contribution in [0.2, 0.25) is 0 Å². The molecular formula is C5H9ClF3NO. The van der Waals surface area contributed by atoms with Gasteiger partial charge < -0.3 is 10.5 Å². The lowest BCUT2D eigenvalue weighted by Gasteiger charge is -2.12. The first kappa shape index (κ1) is 11.0. The Morgan fingerprint density at radius 2 is 1.91 bits per heavy atom. The van der Waals surface area contributed by atoms with E-state index in [-0.39, 0.29) is 25.4 Å². The minimum atomic E-state index is -4.24. The smallest absolute Gasteiger partial charge is 0.367 e. The fraction of sp³-hybridized carbons (Fsp3) is 1.00. The predicted octanol–water partition coefficient (Wildman–Crippen LogP) is 1.09. The Balaban J connectivity index is 0.000001000. The highest BCUT2D eigenvalue weighted by Gasteiger charge is 2.44. The molecule has 2 N–H and O–H groups in total. The molecule has 0 unspecified atom stereocenters. The van der Waals surface area contributed by atoms with Gasteiger partial charge in [-0.3, -0.25) is 0 Å². The summed E-state index contributed by atoms with van der Waals surface area (Å²) in [4.78, 5) is 0. The second kappa shape index (κ2) is 3.60. The molecule has 0 radical (unpaired) electrons. The molecule has 2 atom stereocenters. The van der Waals surface area contributed by atoms with Crippen LogP contribution in [-0.2, 0) is 4.74 Å². The zero-order valence-corrected chi connectivity index (χ0v) is 6.41. The van der Waals surface area contributed by atoms with Crippen LogP contribution < -0.4 is 5.73 Å². The second-order valence-electron chi connectivity index (χ2n) is 2.36. The average Bonchev–Trinajstić information content (AvgIpc) is 2.11. The molecule has 1 heterocycles. The Hall–Kier alpha value is -0.0000000000000000555. The minimum absolute atomic E-state index is 0. The van der Waals surface area contributed by atoms with Gasteiger partial charge in [-0.05, 0) is 6.42 Å². The van der Waals surface area contributed by atoms with Crippen molar-refractivity contribution in [2.24, 2.45) is 5.73 Å². The lowest BCUT2D eigenvalue weighted by Crippen LogP contribution is -2.29. The van der Waals surface area contributed by atoms with Crippen LogP contribution in [0, 0.1) is 0 Å². The molecule has 0 aliphatic carbocycles. The van der Waals surface area contributed by atoms with Gasteiger partial charge in [0.15, 0.2) is 6.10 Å². The number of nitrogens with two attached hydrogens (primary N) is 1. The number of halogens is 4. The topological polar surface area (TPSA) is 35.2 Å². The van der Waals surface area contributed by atoms with Crippen molar-refractivity contribution in [3.05, 3.63) is 0 Å². The number of hydrogen-bond donors (Lipinski definition) is 1. The van der Waals surface area contributed by atoms with E-state index >= 15 is 0 Å². The Bertz CT molecular complexity index is 129. The maximum absolute atomic E-state index is 11.8. The van der Waals surface area contributed by atoms with Crippen LogP contribution in [0.15, 0.2) is 0 Å². The predicted molar refractivity (Wildman–Crippen MR) is 35.6 cm³/mol. The summed E-state index contributed by atoms with van der Waals surface area (Å²) < 4.78 is 39.6. The molecule has 11 heavy (non-hydrogen) atoms. The summed E-state index contributed by atoms with van der Waals surface area (Å²) in [6, 6.07) is -0.452. The summed E-state index contributed by atoms with van der Waals surface area (Å²) in [5, 5.41) is 0. The SMILES string of the molecule is Cl.N[C@@H]1CO[C@@H](C(F)(F)F)C1. The van der Waals surface area contributed by atoms with E-state index in [9.17, 15) is 13.2 Å². The van der Waals surface area contributed by atoms with Crippen molar-refractivity contribution < 1.29 is 17.9 Å². The van der Waals surface area contributed by atoms with Crippen molar-refractivity contribution >= 4 is 12.4 Å². The molecule has 6 heteroatoms. The van der Waals surface area contributed by atoms with Crippen molar-refractivity contribution in [3.8, 4) is 0 Å². The zero-order valence-electron chi connectivity index (χ0n) is 5.60. The second-order valence-corrected chi connectivity index (χ2v) is 2.36. The van der Waals surface area contributed by atoms with E-state index in [1.54, 1.807) is 0 Å². The van der Waals surface area contributed by atoms with Crippen LogP contribution in [0.3, 0.4) is 0 Å². The Morgan fingerprint density at radius 3 is 2.09 bits per heavy atom. The van der Waals surface area contributed by atoms with Crippen LogP contribution in [-0.4, -0.2) is 24.9 Å². The van der Waals surface area contributed by atoms with E-state index < -0.39 is 18.3 Å². The van der Waals surface area contributed by atoms with Gasteiger partial charge in [-0.15, -0.1) is 12.4 Å². The van der Waals surface area contributed by atoms with Crippen LogP contribution in [0.25, 0.3) is 0 Å². The first-order chi connectivity index (χ1) is 4.50. The lowest BCUT2D eigenvalue weighted by atomic mass is 10.2. The van der Waals surface area contributed by atoms with Crippen LogP contribution in [0.1, 0.15) is 6.42 Å². The molecule has 1 rings (SSSR count). The van der Waals surface area contributed by atoms with Gasteiger partial charge in [-0.2, -0.15) is 13.2 Å². The normalized spacial score (nSPS) is 31.6. The third-order valence-corrected chi connectivity index (χ3v) is 1.39. The first-order valence-electron chi connectivity index (χ1n) is 2.94. The zero-order chi connectivity index (χ0) is 7.78. The van der Waals surface area contributed by atoms with Gasteiger partial charge in [0.25, 0.3) is 0 Å². The van der Waals surface area contributed by atoms with Gasteiger partial charge in [-0.25, -0.2) is 0 Å². The van der Waals surface area contributed by atoms with E-state index in [4.69, 9.17) is 5.73 Å². The van der Waals surface area contributed by atoms with Crippen molar-refractivity contribution in [1.29, 1.82) is 0 Å². The molecule has 0 spiro atoms. The van der Waals surface area contributed by atoms with E-state index in [1.165, 1.54) is 0 Å². The largest absolute Gasteiger partial charge is 0.414 e. The molecule has 0 aromatic rings. The molecule has 2 nitrogen and oxygen atoms in total. The van der Waals surface area contributed by atoms with E-state index in [0.29, 0.717) is 0 Å². The summed E-state index contributed by atoms with van der Waals surface area (Å²) in [5.41, 5.74) is 5.20. The molecule has 0 aromatic heterocycles. The van der Waals surface area contributed by atoms with Gasteiger partial charge in [0.05, 0.1) is 6.61 Å². The van der Waals surface area contributed by atoms with Crippen molar-refractivity contribution in [2.45, 2.75) is 24.7 Å². The summed E-state index contributed by atoms with van der Waals surface area (Å²) in [5.74, 6) is 0. The van der Waals surface area contributed by atoms with E-state index in [1.807, 2.05) is 0 Å². The van der Waals surface area contributed by atoms with Gasteiger partial charge >= 0.3 is 6.18 Å². The van der Waals surface area contributed by atoms with E-state index in [0.717, 1.165) is 0 Å². The molecule has 68 valence electrons. The fourth-order valence-corrected chi connectivity index (χ4v) is 0.879. The molecule has 0 bridgehead atoms. The van der Waals surface area contributed by atoms with Gasteiger partial charge in [0.2, 0.25) is 0 Å². The molecule has 1 aliphatic rings. The van der Waals surface area contributed by atoms with Crippen LogP contribution in [0.5, 0.6) is 0 Å². The fourth-order valence-electron chi connectivity index (χ4n) is 0.879. The lowest BCUT2D eigenvalue weighted by molar-refractivity contribution is -0.206. The summed E-state index contributed by atoms with van der Waals surface area (Å²) in [6.07, 6.45) is -5.99. The summed E-state index contributed by atoms with van der Waals surface area (Å²) >= 11 is 0. The van der Waals surface area contributed by atoms with Gasteiger partial charge in [0, 0.05) is 6.04 Å². The van der Waals surface area contributed by atoms with Crippen molar-refractivity contribution in [1.82, 2.24) is 0 Å². The van der Waals surface area contributed by atoms with Crippen molar-refractivity contribution in [2.75, 3.05) is 6.61 Å². The number of ether oxygens (including phenoxy) is 1. The molecule has 1 aliphatic heterocycles. The van der Waals surface area contributed by atoms with Crippen LogP contribution in [0.4, 0.5) is 13.2 Å². The minimum Gasteiger partial charge on any atom is -0.367 e. The molecule has 0 aromatic carbocycles. The molecule has 1 fully saturated rings. The standard InChI is InChI=1S/C5H8F3NO.ClH/c6-5(7,8)4-1-3(9)2-10-4;/h3-4H,1-2,9H2;1H/t3-,4+;/m0./s1. The highest BCUT2D eigenvalue weighted by atomic mass is 35.5. The number of alkyl halides is 3. The molecule has 1 saturated heterocycles. The van der Waals surface area contributed by atoms with Gasteiger partial charge in [0.1, 0.15) is 0 Å². The highest BCUT2D eigenvalue weighted by molar-refractivity contribution is 5.85. The number of hydrogen-bond acceptors (Lipinski definition) is 2. The van der Waals surface area contributed by atoms with Crippen LogP contribution >= 0.6 is 12.4 Å². The molecule has 0 amide bonds. The van der Waals surface area contributed by atoms with Crippen molar-refractivity contribution in [3.63, 3.8) is 0 Å². The maximum Gasteiger partial charge on any atom is 0.414 e. The third-order valence-electron chi connectivity index (χ3n) is 1.39. The first-order valence-corrected chi connectivity index (χ1v) is 2.94. The average molecular weight is 192 g/mol. The van der Waals surface area contributed by atoms with E-state index in [2.05, 4.69) is 4.74 Å². The number of rotatable bonds is 0. The molecular weight excluding hydrogens is 183 g/mol. The quantitative estimate of drug-likeness (QED) is 0.622. The Labute approximate surface area is 68.3 Å². The molecule has 0 saturated carbocycles. The highest BCUT2D eigenvalue weighted by Crippen LogP contribution is 2.29. The summed E-state index contributed by atoms with van der Waals surface area (Å²) in [7, 11) is 0. The Morgan fingerprint density at radius 1 is 1.36 bits per heavy atom. The summed E-state index contributed by atoms with van der Waals surface area (Å²) in [6.45, 7) is 0.0180.